The second kappa shape index (κ2) is 7.48. The SMILES string of the molecule is CCNCc1cn(CCOCCC2CCC2)nn1. The largest absolute Gasteiger partial charge is 0.380 e. The highest BCUT2D eigenvalue weighted by Gasteiger charge is 2.16. The Labute approximate surface area is 109 Å². The summed E-state index contributed by atoms with van der Waals surface area (Å²) >= 11 is 0. The fourth-order valence-electron chi connectivity index (χ4n) is 2.07. The van der Waals surface area contributed by atoms with Gasteiger partial charge in [-0.05, 0) is 18.9 Å². The Kier molecular flexibility index (Phi) is 5.61. The van der Waals surface area contributed by atoms with Crippen LogP contribution in [0.15, 0.2) is 6.20 Å². The number of ether oxygens (including phenoxy) is 1. The van der Waals surface area contributed by atoms with Crippen molar-refractivity contribution in [1.29, 1.82) is 0 Å². The molecule has 2 rings (SSSR count). The van der Waals surface area contributed by atoms with Gasteiger partial charge in [0.1, 0.15) is 0 Å². The van der Waals surface area contributed by atoms with Crippen LogP contribution in [0.2, 0.25) is 0 Å². The van der Waals surface area contributed by atoms with Gasteiger partial charge in [0, 0.05) is 19.3 Å². The Morgan fingerprint density at radius 3 is 3.06 bits per heavy atom. The molecule has 0 aromatic carbocycles. The summed E-state index contributed by atoms with van der Waals surface area (Å²) < 4.78 is 7.49. The van der Waals surface area contributed by atoms with Gasteiger partial charge in [-0.1, -0.05) is 31.4 Å². The van der Waals surface area contributed by atoms with Crippen molar-refractivity contribution in [2.45, 2.75) is 45.7 Å². The molecule has 1 aromatic heterocycles. The predicted octanol–water partition coefficient (Wildman–Crippen LogP) is 1.59. The summed E-state index contributed by atoms with van der Waals surface area (Å²) in [5.41, 5.74) is 0.992. The zero-order chi connectivity index (χ0) is 12.6. The van der Waals surface area contributed by atoms with Gasteiger partial charge in [-0.15, -0.1) is 5.10 Å². The molecule has 102 valence electrons. The summed E-state index contributed by atoms with van der Waals surface area (Å²) in [7, 11) is 0. The average molecular weight is 252 g/mol. The minimum atomic E-state index is 0.733. The van der Waals surface area contributed by atoms with E-state index >= 15 is 0 Å². The van der Waals surface area contributed by atoms with Crippen LogP contribution in [0.25, 0.3) is 0 Å². The fourth-order valence-corrected chi connectivity index (χ4v) is 2.07. The van der Waals surface area contributed by atoms with Crippen molar-refractivity contribution in [3.63, 3.8) is 0 Å². The normalized spacial score (nSPS) is 15.8. The van der Waals surface area contributed by atoms with E-state index in [2.05, 4.69) is 22.6 Å². The molecule has 0 saturated heterocycles. The van der Waals surface area contributed by atoms with Gasteiger partial charge in [0.2, 0.25) is 0 Å². The third kappa shape index (κ3) is 4.38. The molecule has 0 unspecified atom stereocenters. The second-order valence-corrected chi connectivity index (χ2v) is 4.95. The van der Waals surface area contributed by atoms with Crippen LogP contribution in [0.3, 0.4) is 0 Å². The first-order valence-electron chi connectivity index (χ1n) is 7.06. The van der Waals surface area contributed by atoms with Crippen molar-refractivity contribution in [2.75, 3.05) is 19.8 Å². The molecular weight excluding hydrogens is 228 g/mol. The van der Waals surface area contributed by atoms with Crippen LogP contribution in [0.4, 0.5) is 0 Å². The van der Waals surface area contributed by atoms with Gasteiger partial charge in [-0.3, -0.25) is 0 Å². The van der Waals surface area contributed by atoms with Crippen LogP contribution in [-0.2, 0) is 17.8 Å². The lowest BCUT2D eigenvalue weighted by atomic mass is 9.83. The standard InChI is InChI=1S/C13H24N4O/c1-2-14-10-13-11-17(16-15-13)7-9-18-8-6-12-4-3-5-12/h11-12,14H,2-10H2,1H3. The third-order valence-corrected chi connectivity index (χ3v) is 3.50. The number of hydrogen-bond donors (Lipinski definition) is 1. The number of rotatable bonds is 9. The molecule has 1 aliphatic rings. The Morgan fingerprint density at radius 2 is 2.33 bits per heavy atom. The molecule has 0 bridgehead atoms. The quantitative estimate of drug-likeness (QED) is 0.678. The zero-order valence-electron chi connectivity index (χ0n) is 11.3. The molecule has 1 aromatic rings. The van der Waals surface area contributed by atoms with Gasteiger partial charge < -0.3 is 10.1 Å². The van der Waals surface area contributed by atoms with Crippen LogP contribution < -0.4 is 5.32 Å². The lowest BCUT2D eigenvalue weighted by Gasteiger charge is -2.24. The summed E-state index contributed by atoms with van der Waals surface area (Å²) in [6.45, 7) is 6.25. The molecule has 0 amide bonds. The molecule has 1 heterocycles. The molecule has 0 atom stereocenters. The van der Waals surface area contributed by atoms with Gasteiger partial charge in [-0.2, -0.15) is 0 Å². The first kappa shape index (κ1) is 13.5. The maximum atomic E-state index is 5.63. The van der Waals surface area contributed by atoms with Crippen LogP contribution in [-0.4, -0.2) is 34.8 Å². The lowest BCUT2D eigenvalue weighted by Crippen LogP contribution is -2.15. The number of nitrogens with one attached hydrogen (secondary N) is 1. The second-order valence-electron chi connectivity index (χ2n) is 4.95. The maximum absolute atomic E-state index is 5.63. The van der Waals surface area contributed by atoms with Crippen molar-refractivity contribution in [3.05, 3.63) is 11.9 Å². The summed E-state index contributed by atoms with van der Waals surface area (Å²) in [6.07, 6.45) is 7.43. The van der Waals surface area contributed by atoms with Gasteiger partial charge in [-0.25, -0.2) is 4.68 Å². The lowest BCUT2D eigenvalue weighted by molar-refractivity contribution is 0.0983. The van der Waals surface area contributed by atoms with Crippen LogP contribution >= 0.6 is 0 Å². The van der Waals surface area contributed by atoms with E-state index in [0.717, 1.165) is 44.5 Å². The van der Waals surface area contributed by atoms with Crippen LogP contribution in [0.1, 0.15) is 38.3 Å². The highest BCUT2D eigenvalue weighted by Crippen LogP contribution is 2.28. The molecule has 0 spiro atoms. The van der Waals surface area contributed by atoms with Gasteiger partial charge in [0.15, 0.2) is 0 Å². The predicted molar refractivity (Wildman–Crippen MR) is 70.2 cm³/mol. The highest BCUT2D eigenvalue weighted by molar-refractivity contribution is 4.91. The Morgan fingerprint density at radius 1 is 1.44 bits per heavy atom. The van der Waals surface area contributed by atoms with E-state index in [9.17, 15) is 0 Å². The van der Waals surface area contributed by atoms with Crippen molar-refractivity contribution >= 4 is 0 Å². The van der Waals surface area contributed by atoms with Crippen molar-refractivity contribution < 1.29 is 4.74 Å². The van der Waals surface area contributed by atoms with E-state index in [1.165, 1.54) is 25.7 Å². The Balaban J connectivity index is 1.53. The third-order valence-electron chi connectivity index (χ3n) is 3.50. The first-order valence-corrected chi connectivity index (χ1v) is 7.06. The molecule has 18 heavy (non-hydrogen) atoms. The highest BCUT2D eigenvalue weighted by atomic mass is 16.5. The van der Waals surface area contributed by atoms with E-state index in [-0.39, 0.29) is 0 Å². The van der Waals surface area contributed by atoms with E-state index < -0.39 is 0 Å². The fraction of sp³-hybridized carbons (Fsp3) is 0.846. The summed E-state index contributed by atoms with van der Waals surface area (Å²) in [5.74, 6) is 0.933. The van der Waals surface area contributed by atoms with E-state index in [0.29, 0.717) is 0 Å². The topological polar surface area (TPSA) is 52.0 Å². The molecule has 1 fully saturated rings. The van der Waals surface area contributed by atoms with Gasteiger partial charge in [0.05, 0.1) is 18.8 Å². The number of hydrogen-bond acceptors (Lipinski definition) is 4. The van der Waals surface area contributed by atoms with Crippen LogP contribution in [0, 0.1) is 5.92 Å². The molecule has 5 heteroatoms. The molecule has 5 nitrogen and oxygen atoms in total. The summed E-state index contributed by atoms with van der Waals surface area (Å²) in [6, 6.07) is 0. The van der Waals surface area contributed by atoms with Gasteiger partial charge in [0.25, 0.3) is 0 Å². The maximum Gasteiger partial charge on any atom is 0.0964 e. The van der Waals surface area contributed by atoms with Crippen LogP contribution in [0.5, 0.6) is 0 Å². The number of nitrogens with zero attached hydrogens (tertiary/aromatic N) is 3. The molecular formula is C13H24N4O. The molecule has 1 saturated carbocycles. The van der Waals surface area contributed by atoms with Crippen molar-refractivity contribution in [2.24, 2.45) is 5.92 Å². The van der Waals surface area contributed by atoms with E-state index in [1.807, 2.05) is 10.9 Å². The minimum Gasteiger partial charge on any atom is -0.380 e. The summed E-state index contributed by atoms with van der Waals surface area (Å²) in [5, 5.41) is 11.4. The smallest absolute Gasteiger partial charge is 0.0964 e. The number of aromatic nitrogens is 3. The zero-order valence-corrected chi connectivity index (χ0v) is 11.3. The monoisotopic (exact) mass is 252 g/mol. The van der Waals surface area contributed by atoms with E-state index in [4.69, 9.17) is 4.74 Å². The molecule has 0 aliphatic heterocycles. The summed E-state index contributed by atoms with van der Waals surface area (Å²) in [4.78, 5) is 0. The van der Waals surface area contributed by atoms with Gasteiger partial charge >= 0.3 is 0 Å². The average Bonchev–Trinajstić information content (AvgIpc) is 2.76. The molecule has 0 radical (unpaired) electrons. The van der Waals surface area contributed by atoms with Crippen molar-refractivity contribution in [1.82, 2.24) is 20.3 Å². The van der Waals surface area contributed by atoms with Crippen molar-refractivity contribution in [3.8, 4) is 0 Å². The minimum absolute atomic E-state index is 0.733. The molecule has 1 aliphatic carbocycles. The molecule has 1 N–H and O–H groups in total. The Hall–Kier alpha value is -0.940. The van der Waals surface area contributed by atoms with E-state index in [1.54, 1.807) is 0 Å². The first-order chi connectivity index (χ1) is 8.88. The Bertz CT molecular complexity index is 335.